The molecular weight excluding hydrogens is 358 g/mol. The van der Waals surface area contributed by atoms with Crippen LogP contribution in [0.3, 0.4) is 0 Å². The number of esters is 1. The van der Waals surface area contributed by atoms with Crippen molar-refractivity contribution in [1.82, 2.24) is 0 Å². The minimum Gasteiger partial charge on any atom is -0.456 e. The first-order valence-electron chi connectivity index (χ1n) is 7.30. The highest BCUT2D eigenvalue weighted by atomic mass is 79.9. The van der Waals surface area contributed by atoms with Gasteiger partial charge in [-0.25, -0.2) is 0 Å². The van der Waals surface area contributed by atoms with Gasteiger partial charge in [0.15, 0.2) is 6.61 Å². The second kappa shape index (κ2) is 8.48. The second-order valence-corrected chi connectivity index (χ2v) is 6.03. The van der Waals surface area contributed by atoms with Crippen LogP contribution in [-0.4, -0.2) is 18.5 Å². The van der Waals surface area contributed by atoms with E-state index in [0.717, 1.165) is 15.6 Å². The van der Waals surface area contributed by atoms with Gasteiger partial charge in [0.25, 0.3) is 5.91 Å². The van der Waals surface area contributed by atoms with Crippen molar-refractivity contribution in [2.45, 2.75) is 19.8 Å². The minimum atomic E-state index is -0.382. The Hall–Kier alpha value is -2.14. The zero-order valence-electron chi connectivity index (χ0n) is 12.8. The summed E-state index contributed by atoms with van der Waals surface area (Å²) < 4.78 is 5.79. The SMILES string of the molecule is Cc1ccc(NC(=O)COC(=O)CCc2ccccc2)c(Br)c1. The van der Waals surface area contributed by atoms with Crippen LogP contribution in [0.15, 0.2) is 53.0 Å². The standard InChI is InChI=1S/C18H18BrNO3/c1-13-7-9-16(15(19)11-13)20-17(21)12-23-18(22)10-8-14-5-3-2-4-6-14/h2-7,9,11H,8,10,12H2,1H3,(H,20,21). The molecule has 2 aromatic carbocycles. The van der Waals surface area contributed by atoms with Crippen molar-refractivity contribution in [3.8, 4) is 0 Å². The average Bonchev–Trinajstić information content (AvgIpc) is 2.54. The number of aryl methyl sites for hydroxylation is 2. The number of carbonyl (C=O) groups is 2. The summed E-state index contributed by atoms with van der Waals surface area (Å²) in [5.41, 5.74) is 2.81. The van der Waals surface area contributed by atoms with Gasteiger partial charge in [0.05, 0.1) is 5.69 Å². The largest absolute Gasteiger partial charge is 0.456 e. The predicted octanol–water partition coefficient (Wildman–Crippen LogP) is 3.87. The zero-order valence-corrected chi connectivity index (χ0v) is 14.4. The van der Waals surface area contributed by atoms with Crippen LogP contribution in [0, 0.1) is 6.92 Å². The molecule has 1 N–H and O–H groups in total. The molecule has 4 nitrogen and oxygen atoms in total. The summed E-state index contributed by atoms with van der Waals surface area (Å²) in [6.07, 6.45) is 0.857. The Kier molecular flexibility index (Phi) is 6.35. The van der Waals surface area contributed by atoms with E-state index >= 15 is 0 Å². The summed E-state index contributed by atoms with van der Waals surface area (Å²) in [5.74, 6) is -0.741. The van der Waals surface area contributed by atoms with Crippen LogP contribution >= 0.6 is 15.9 Å². The third kappa shape index (κ3) is 5.87. The summed E-state index contributed by atoms with van der Waals surface area (Å²) in [7, 11) is 0. The van der Waals surface area contributed by atoms with E-state index < -0.39 is 0 Å². The van der Waals surface area contributed by atoms with Crippen LogP contribution < -0.4 is 5.32 Å². The number of carbonyl (C=O) groups excluding carboxylic acids is 2. The molecule has 0 aliphatic heterocycles. The molecule has 0 saturated heterocycles. The van der Waals surface area contributed by atoms with Gasteiger partial charge in [0.1, 0.15) is 0 Å². The van der Waals surface area contributed by atoms with Gasteiger partial charge in [0, 0.05) is 10.9 Å². The van der Waals surface area contributed by atoms with Crippen LogP contribution in [0.25, 0.3) is 0 Å². The Labute approximate surface area is 144 Å². The highest BCUT2D eigenvalue weighted by molar-refractivity contribution is 9.10. The van der Waals surface area contributed by atoms with Crippen molar-refractivity contribution in [1.29, 1.82) is 0 Å². The Morgan fingerprint density at radius 2 is 1.87 bits per heavy atom. The number of benzene rings is 2. The highest BCUT2D eigenvalue weighted by Crippen LogP contribution is 2.23. The molecule has 23 heavy (non-hydrogen) atoms. The number of anilines is 1. The van der Waals surface area contributed by atoms with Gasteiger partial charge in [-0.2, -0.15) is 0 Å². The van der Waals surface area contributed by atoms with E-state index in [4.69, 9.17) is 4.74 Å². The molecule has 0 heterocycles. The van der Waals surface area contributed by atoms with Crippen LogP contribution in [0.2, 0.25) is 0 Å². The third-order valence-corrected chi connectivity index (χ3v) is 3.88. The maximum Gasteiger partial charge on any atom is 0.306 e. The molecule has 1 amide bonds. The topological polar surface area (TPSA) is 55.4 Å². The van der Waals surface area contributed by atoms with Gasteiger partial charge in [-0.3, -0.25) is 9.59 Å². The summed E-state index contributed by atoms with van der Waals surface area (Å²) in [6.45, 7) is 1.68. The van der Waals surface area contributed by atoms with E-state index in [0.29, 0.717) is 12.1 Å². The van der Waals surface area contributed by atoms with Gasteiger partial charge in [-0.05, 0) is 52.5 Å². The molecule has 5 heteroatoms. The predicted molar refractivity (Wildman–Crippen MR) is 93.2 cm³/mol. The first-order valence-corrected chi connectivity index (χ1v) is 8.09. The Morgan fingerprint density at radius 1 is 1.13 bits per heavy atom. The molecule has 0 fully saturated rings. The normalized spacial score (nSPS) is 10.2. The van der Waals surface area contributed by atoms with E-state index in [1.165, 1.54) is 0 Å². The molecule has 0 saturated carbocycles. The molecule has 0 aliphatic carbocycles. The fraction of sp³-hybridized carbons (Fsp3) is 0.222. The molecule has 0 atom stereocenters. The van der Waals surface area contributed by atoms with Gasteiger partial charge >= 0.3 is 5.97 Å². The summed E-state index contributed by atoms with van der Waals surface area (Å²) in [6, 6.07) is 15.3. The monoisotopic (exact) mass is 375 g/mol. The van der Waals surface area contributed by atoms with Crippen molar-refractivity contribution in [3.05, 3.63) is 64.1 Å². The molecule has 2 aromatic rings. The molecule has 0 radical (unpaired) electrons. The van der Waals surface area contributed by atoms with Crippen LogP contribution in [-0.2, 0) is 20.7 Å². The van der Waals surface area contributed by atoms with Crippen molar-refractivity contribution >= 4 is 33.5 Å². The maximum atomic E-state index is 11.8. The number of hydrogen-bond donors (Lipinski definition) is 1. The number of rotatable bonds is 6. The molecule has 0 spiro atoms. The second-order valence-electron chi connectivity index (χ2n) is 5.18. The lowest BCUT2D eigenvalue weighted by atomic mass is 10.1. The maximum absolute atomic E-state index is 11.8. The van der Waals surface area contributed by atoms with E-state index in [1.807, 2.05) is 49.4 Å². The van der Waals surface area contributed by atoms with Gasteiger partial charge < -0.3 is 10.1 Å². The van der Waals surface area contributed by atoms with Gasteiger partial charge in [0.2, 0.25) is 0 Å². The molecular formula is C18H18BrNO3. The molecule has 0 bridgehead atoms. The van der Waals surface area contributed by atoms with Crippen molar-refractivity contribution in [3.63, 3.8) is 0 Å². The molecule has 0 aromatic heterocycles. The van der Waals surface area contributed by atoms with E-state index in [1.54, 1.807) is 6.07 Å². The fourth-order valence-electron chi connectivity index (χ4n) is 2.02. The molecule has 0 aliphatic rings. The van der Waals surface area contributed by atoms with Crippen molar-refractivity contribution in [2.75, 3.05) is 11.9 Å². The van der Waals surface area contributed by atoms with Gasteiger partial charge in [-0.1, -0.05) is 36.4 Å². The van der Waals surface area contributed by atoms with Gasteiger partial charge in [-0.15, -0.1) is 0 Å². The van der Waals surface area contributed by atoms with Crippen LogP contribution in [0.4, 0.5) is 5.69 Å². The number of nitrogens with one attached hydrogen (secondary N) is 1. The summed E-state index contributed by atoms with van der Waals surface area (Å²) >= 11 is 3.38. The molecule has 2 rings (SSSR count). The van der Waals surface area contributed by atoms with E-state index in [-0.39, 0.29) is 24.9 Å². The smallest absolute Gasteiger partial charge is 0.306 e. The van der Waals surface area contributed by atoms with Crippen molar-refractivity contribution < 1.29 is 14.3 Å². The lowest BCUT2D eigenvalue weighted by molar-refractivity contribution is -0.147. The first kappa shape index (κ1) is 17.2. The van der Waals surface area contributed by atoms with Crippen LogP contribution in [0.5, 0.6) is 0 Å². The first-order chi connectivity index (χ1) is 11.0. The lowest BCUT2D eigenvalue weighted by Crippen LogP contribution is -2.21. The number of amides is 1. The summed E-state index contributed by atoms with van der Waals surface area (Å²) in [5, 5.41) is 2.70. The fourth-order valence-corrected chi connectivity index (χ4v) is 2.61. The number of ether oxygens (including phenoxy) is 1. The molecule has 120 valence electrons. The Balaban J connectivity index is 1.74. The lowest BCUT2D eigenvalue weighted by Gasteiger charge is -2.09. The number of halogens is 1. The summed E-state index contributed by atoms with van der Waals surface area (Å²) in [4.78, 5) is 23.5. The average molecular weight is 376 g/mol. The quantitative estimate of drug-likeness (QED) is 0.779. The van der Waals surface area contributed by atoms with E-state index in [2.05, 4.69) is 21.2 Å². The Morgan fingerprint density at radius 3 is 2.57 bits per heavy atom. The number of hydrogen-bond acceptors (Lipinski definition) is 3. The van der Waals surface area contributed by atoms with Crippen molar-refractivity contribution in [2.24, 2.45) is 0 Å². The van der Waals surface area contributed by atoms with Crippen LogP contribution in [0.1, 0.15) is 17.5 Å². The minimum absolute atomic E-state index is 0.255. The molecule has 0 unspecified atom stereocenters. The van der Waals surface area contributed by atoms with E-state index in [9.17, 15) is 9.59 Å². The third-order valence-electron chi connectivity index (χ3n) is 3.22. The zero-order chi connectivity index (χ0) is 16.7. The Bertz CT molecular complexity index is 686. The highest BCUT2D eigenvalue weighted by Gasteiger charge is 2.09.